The molecule has 2 aromatic carbocycles. The topological polar surface area (TPSA) is 127 Å². The second kappa shape index (κ2) is 9.64. The summed E-state index contributed by atoms with van der Waals surface area (Å²) >= 11 is 0. The van der Waals surface area contributed by atoms with Crippen molar-refractivity contribution in [3.63, 3.8) is 0 Å². The van der Waals surface area contributed by atoms with Crippen molar-refractivity contribution in [3.8, 4) is 11.3 Å². The summed E-state index contributed by atoms with van der Waals surface area (Å²) in [6, 6.07) is 15.9. The number of nitrogen functional groups attached to an aromatic ring is 1. The second-order valence-corrected chi connectivity index (χ2v) is 8.03. The minimum Gasteiger partial charge on any atom is -0.475 e. The van der Waals surface area contributed by atoms with Crippen LogP contribution in [0, 0.1) is 0 Å². The molecule has 3 N–H and O–H groups in total. The number of rotatable bonds is 3. The Labute approximate surface area is 203 Å². The number of aliphatic carboxylic acids is 1. The first-order valence-electron chi connectivity index (χ1n) is 10.8. The van der Waals surface area contributed by atoms with Crippen molar-refractivity contribution >= 4 is 34.4 Å². The molecule has 1 aliphatic heterocycles. The highest BCUT2D eigenvalue weighted by Gasteiger charge is 2.38. The Morgan fingerprint density at radius 3 is 2.47 bits per heavy atom. The van der Waals surface area contributed by atoms with Crippen LogP contribution in [-0.4, -0.2) is 49.5 Å². The molecule has 0 radical (unpaired) electrons. The van der Waals surface area contributed by atoms with Gasteiger partial charge in [-0.05, 0) is 29.7 Å². The van der Waals surface area contributed by atoms with Gasteiger partial charge in [-0.15, -0.1) is 0 Å². The van der Waals surface area contributed by atoms with Crippen LogP contribution in [0.25, 0.3) is 22.3 Å². The fourth-order valence-corrected chi connectivity index (χ4v) is 3.99. The number of carboxylic acids is 1. The molecule has 0 saturated heterocycles. The van der Waals surface area contributed by atoms with E-state index in [2.05, 4.69) is 21.1 Å². The summed E-state index contributed by atoms with van der Waals surface area (Å²) in [5, 5.41) is 12.5. The number of aryl methyl sites for hydroxylation is 1. The molecule has 0 aliphatic carbocycles. The molecular weight excluding hydrogens is 477 g/mol. The van der Waals surface area contributed by atoms with Gasteiger partial charge >= 0.3 is 12.1 Å². The fraction of sp³-hybridized carbons (Fsp3) is 0.208. The van der Waals surface area contributed by atoms with E-state index in [0.29, 0.717) is 24.4 Å². The molecule has 3 heterocycles. The van der Waals surface area contributed by atoms with E-state index < -0.39 is 12.1 Å². The van der Waals surface area contributed by atoms with Crippen molar-refractivity contribution < 1.29 is 27.9 Å². The minimum absolute atomic E-state index is 0.114. The lowest BCUT2D eigenvalue weighted by Crippen LogP contribution is -2.30. The highest BCUT2D eigenvalue weighted by Crippen LogP contribution is 2.35. The van der Waals surface area contributed by atoms with Crippen molar-refractivity contribution in [2.75, 3.05) is 17.2 Å². The Hall–Kier alpha value is -4.48. The maximum atomic E-state index is 12.8. The molecule has 1 aliphatic rings. The molecule has 5 rings (SSSR count). The molecule has 0 fully saturated rings. The lowest BCUT2D eigenvalue weighted by atomic mass is 10.0. The largest absolute Gasteiger partial charge is 0.490 e. The molecule has 0 spiro atoms. The van der Waals surface area contributed by atoms with Gasteiger partial charge in [0.1, 0.15) is 17.8 Å². The number of aromatic nitrogens is 4. The van der Waals surface area contributed by atoms with Gasteiger partial charge in [-0.25, -0.2) is 19.4 Å². The summed E-state index contributed by atoms with van der Waals surface area (Å²) in [5.41, 5.74) is 11.6. The van der Waals surface area contributed by atoms with Crippen LogP contribution in [0.5, 0.6) is 0 Å². The van der Waals surface area contributed by atoms with Gasteiger partial charge in [0, 0.05) is 24.8 Å². The van der Waals surface area contributed by atoms with Gasteiger partial charge in [0.15, 0.2) is 5.65 Å². The Morgan fingerprint density at radius 1 is 1.11 bits per heavy atom. The highest BCUT2D eigenvalue weighted by atomic mass is 19.4. The quantitative estimate of drug-likeness (QED) is 0.443. The molecule has 4 aromatic rings. The van der Waals surface area contributed by atoms with E-state index in [1.165, 1.54) is 6.33 Å². The summed E-state index contributed by atoms with van der Waals surface area (Å²) < 4.78 is 33.5. The van der Waals surface area contributed by atoms with Gasteiger partial charge in [0.2, 0.25) is 5.91 Å². The smallest absolute Gasteiger partial charge is 0.475 e. The Kier molecular flexibility index (Phi) is 6.60. The summed E-state index contributed by atoms with van der Waals surface area (Å²) in [7, 11) is 1.84. The average Bonchev–Trinajstić information content (AvgIpc) is 3.41. The van der Waals surface area contributed by atoms with Crippen molar-refractivity contribution in [1.29, 1.82) is 0 Å². The van der Waals surface area contributed by atoms with Crippen LogP contribution in [0.15, 0.2) is 54.9 Å². The maximum absolute atomic E-state index is 12.8. The summed E-state index contributed by atoms with van der Waals surface area (Å²) in [5.74, 6) is -2.23. The van der Waals surface area contributed by atoms with Gasteiger partial charge in [-0.1, -0.05) is 36.4 Å². The van der Waals surface area contributed by atoms with Gasteiger partial charge in [0.25, 0.3) is 0 Å². The van der Waals surface area contributed by atoms with E-state index in [9.17, 15) is 18.0 Å². The van der Waals surface area contributed by atoms with E-state index in [1.807, 2.05) is 54.4 Å². The third kappa shape index (κ3) is 4.97. The zero-order chi connectivity index (χ0) is 26.0. The van der Waals surface area contributed by atoms with Crippen LogP contribution in [0.1, 0.15) is 11.1 Å². The molecule has 0 atom stereocenters. The van der Waals surface area contributed by atoms with E-state index in [0.717, 1.165) is 39.9 Å². The Balaban J connectivity index is 0.000000384. The van der Waals surface area contributed by atoms with E-state index in [4.69, 9.17) is 15.6 Å². The predicted octanol–water partition coefficient (Wildman–Crippen LogP) is 3.38. The van der Waals surface area contributed by atoms with Crippen molar-refractivity contribution in [1.82, 2.24) is 19.7 Å². The van der Waals surface area contributed by atoms with Crippen LogP contribution in [0.4, 0.5) is 24.7 Å². The number of nitrogens with zero attached hydrogens (tertiary/aromatic N) is 5. The number of halogens is 3. The zero-order valence-corrected chi connectivity index (χ0v) is 19.0. The third-order valence-corrected chi connectivity index (χ3v) is 5.64. The van der Waals surface area contributed by atoms with Gasteiger partial charge in [-0.3, -0.25) is 4.79 Å². The van der Waals surface area contributed by atoms with E-state index >= 15 is 0 Å². The molecule has 12 heteroatoms. The first kappa shape index (κ1) is 24.6. The molecule has 0 bridgehead atoms. The maximum Gasteiger partial charge on any atom is 0.490 e. The number of alkyl halides is 3. The molecule has 0 unspecified atom stereocenters. The van der Waals surface area contributed by atoms with Crippen LogP contribution < -0.4 is 10.6 Å². The molecule has 0 saturated carbocycles. The predicted molar refractivity (Wildman–Crippen MR) is 126 cm³/mol. The zero-order valence-electron chi connectivity index (χ0n) is 19.0. The standard InChI is InChI=1S/C22H20N6O.C2HF3O2/c1-27-22-19(21(23)24-13-25-22)20(26-27)16-7-8-17-15(12-16)9-10-28(17)18(29)11-14-5-3-2-4-6-14;3-2(4,5)1(6)7/h2-8,12-13H,9-11H2,1H3,(H2,23,24,25);(H,6,7). The summed E-state index contributed by atoms with van der Waals surface area (Å²) in [6.45, 7) is 0.693. The first-order valence-corrected chi connectivity index (χ1v) is 10.8. The molecule has 9 nitrogen and oxygen atoms in total. The van der Waals surface area contributed by atoms with Crippen LogP contribution in [0.3, 0.4) is 0 Å². The molecule has 36 heavy (non-hydrogen) atoms. The van der Waals surface area contributed by atoms with Crippen molar-refractivity contribution in [3.05, 3.63) is 66.0 Å². The van der Waals surface area contributed by atoms with Crippen LogP contribution in [-0.2, 0) is 29.5 Å². The average molecular weight is 498 g/mol. The van der Waals surface area contributed by atoms with Gasteiger partial charge < -0.3 is 15.7 Å². The number of carbonyl (C=O) groups is 2. The molecule has 2 aromatic heterocycles. The third-order valence-electron chi connectivity index (χ3n) is 5.64. The van der Waals surface area contributed by atoms with Gasteiger partial charge in [0.05, 0.1) is 11.8 Å². The van der Waals surface area contributed by atoms with Crippen LogP contribution >= 0.6 is 0 Å². The lowest BCUT2D eigenvalue weighted by Gasteiger charge is -2.17. The number of hydrogen-bond acceptors (Lipinski definition) is 6. The number of hydrogen-bond donors (Lipinski definition) is 2. The monoisotopic (exact) mass is 498 g/mol. The molecule has 186 valence electrons. The Morgan fingerprint density at radius 2 is 1.81 bits per heavy atom. The minimum atomic E-state index is -5.08. The van der Waals surface area contributed by atoms with Crippen LogP contribution in [0.2, 0.25) is 0 Å². The number of carboxylic acid groups (broad SMARTS) is 1. The number of fused-ring (bicyclic) bond motifs is 2. The number of carbonyl (C=O) groups excluding carboxylic acids is 1. The molecular formula is C24H21F3N6O3. The normalized spacial score (nSPS) is 12.7. The van der Waals surface area contributed by atoms with Crippen molar-refractivity contribution in [2.45, 2.75) is 19.0 Å². The summed E-state index contributed by atoms with van der Waals surface area (Å²) in [4.78, 5) is 32.0. The lowest BCUT2D eigenvalue weighted by molar-refractivity contribution is -0.192. The number of benzene rings is 2. The van der Waals surface area contributed by atoms with E-state index in [1.54, 1.807) is 4.68 Å². The van der Waals surface area contributed by atoms with Gasteiger partial charge in [-0.2, -0.15) is 18.3 Å². The second-order valence-electron chi connectivity index (χ2n) is 8.03. The van der Waals surface area contributed by atoms with E-state index in [-0.39, 0.29) is 5.91 Å². The molecule has 1 amide bonds. The fourth-order valence-electron chi connectivity index (χ4n) is 3.99. The summed E-state index contributed by atoms with van der Waals surface area (Å²) in [6.07, 6.45) is -2.41. The Bertz CT molecular complexity index is 1440. The first-order chi connectivity index (χ1) is 17.1. The highest BCUT2D eigenvalue weighted by molar-refractivity contribution is 6.00. The number of nitrogens with two attached hydrogens (primary N) is 1. The number of anilines is 2. The van der Waals surface area contributed by atoms with Crippen molar-refractivity contribution in [2.24, 2.45) is 7.05 Å². The number of amides is 1. The SMILES string of the molecule is Cn1nc(-c2ccc3c(c2)CCN3C(=O)Cc2ccccc2)c2c(N)ncnc21.O=C(O)C(F)(F)F.